The molecule has 0 aliphatic rings. The Bertz CT molecular complexity index is 159. The Morgan fingerprint density at radius 1 is 1.55 bits per heavy atom. The molecule has 0 bridgehead atoms. The third-order valence-electron chi connectivity index (χ3n) is 0.214. The summed E-state index contributed by atoms with van der Waals surface area (Å²) >= 11 is 0. The van der Waals surface area contributed by atoms with Crippen molar-refractivity contribution in [1.29, 1.82) is 0 Å². The molecule has 0 saturated heterocycles. The molecule has 0 aromatic heterocycles. The molecule has 2 N–H and O–H groups in total. The van der Waals surface area contributed by atoms with E-state index in [0.717, 1.165) is 0 Å². The maximum absolute atomic E-state index is 8.52. The zero-order valence-electron chi connectivity index (χ0n) is 5.73. The molecule has 8 heteroatoms. The fraction of sp³-hybridized carbons (Fsp3) is 0.333. The van der Waals surface area contributed by atoms with Gasteiger partial charge < -0.3 is 13.9 Å². The summed E-state index contributed by atoms with van der Waals surface area (Å²) in [5, 5.41) is 0. The van der Waals surface area contributed by atoms with E-state index in [4.69, 9.17) is 17.5 Å². The molecule has 6 nitrogen and oxygen atoms in total. The van der Waals surface area contributed by atoms with Crippen LogP contribution in [0.25, 0.3) is 0 Å². The van der Waals surface area contributed by atoms with Crippen molar-refractivity contribution in [3.63, 3.8) is 0 Å². The van der Waals surface area contributed by atoms with E-state index in [1.807, 2.05) is 0 Å². The Morgan fingerprint density at radius 3 is 1.82 bits per heavy atom. The van der Waals surface area contributed by atoms with E-state index in [1.54, 1.807) is 6.08 Å². The summed E-state index contributed by atoms with van der Waals surface area (Å²) in [6.07, 6.45) is 1.58. The second kappa shape index (κ2) is 10.3. The molecule has 0 aromatic rings. The first-order chi connectivity index (χ1) is 4.41. The predicted octanol–water partition coefficient (Wildman–Crippen LogP) is -1.66. The number of nitrogens with two attached hydrogens (primary N) is 1. The topological polar surface area (TPSA) is 116 Å². The minimum absolute atomic E-state index is 0. The van der Waals surface area contributed by atoms with E-state index < -0.39 is 10.4 Å². The van der Waals surface area contributed by atoms with Crippen molar-refractivity contribution in [3.05, 3.63) is 12.7 Å². The maximum Gasteiger partial charge on any atom is 2.00 e. The van der Waals surface area contributed by atoms with Gasteiger partial charge in [-0.15, -0.1) is 6.58 Å². The zero-order chi connectivity index (χ0) is 8.62. The van der Waals surface area contributed by atoms with E-state index >= 15 is 0 Å². The van der Waals surface area contributed by atoms with Gasteiger partial charge in [0.15, 0.2) is 0 Å². The third-order valence-corrected chi connectivity index (χ3v) is 0.214. The fourth-order valence-corrected chi connectivity index (χ4v) is 0.0680. The molecule has 11 heavy (non-hydrogen) atoms. The molecule has 0 spiro atoms. The Labute approximate surface area is 81.1 Å². The van der Waals surface area contributed by atoms with Crippen LogP contribution in [0.2, 0.25) is 0 Å². The Morgan fingerprint density at radius 2 is 1.82 bits per heavy atom. The molecular weight excluding hydrogens is 186 g/mol. The van der Waals surface area contributed by atoms with Crippen LogP contribution in [0.1, 0.15) is 0 Å². The molecule has 0 atom stereocenters. The van der Waals surface area contributed by atoms with Crippen LogP contribution >= 0.6 is 0 Å². The molecule has 0 radical (unpaired) electrons. The summed E-state index contributed by atoms with van der Waals surface area (Å²) in [6.45, 7) is 3.78. The van der Waals surface area contributed by atoms with Gasteiger partial charge in [-0.1, -0.05) is 6.08 Å². The van der Waals surface area contributed by atoms with Crippen molar-refractivity contribution in [2.24, 2.45) is 5.90 Å². The van der Waals surface area contributed by atoms with Gasteiger partial charge in [0.05, 0.1) is 6.61 Å². The average molecular weight is 193 g/mol. The first-order valence-electron chi connectivity index (χ1n) is 2.01. The van der Waals surface area contributed by atoms with E-state index in [-0.39, 0.29) is 23.1 Å². The van der Waals surface area contributed by atoms with Crippen LogP contribution in [0.5, 0.6) is 0 Å². The number of rotatable bonds is 2. The van der Waals surface area contributed by atoms with Crippen LogP contribution in [-0.4, -0.2) is 47.2 Å². The number of hydrogen-bond acceptors (Lipinski definition) is 6. The summed E-state index contributed by atoms with van der Waals surface area (Å²) in [6, 6.07) is 0. The van der Waals surface area contributed by atoms with Crippen molar-refractivity contribution < 1.29 is 22.4 Å². The monoisotopic (exact) mass is 193 g/mol. The Balaban J connectivity index is -0.000000107. The molecule has 0 saturated carbocycles. The molecule has 0 unspecified atom stereocenters. The molecule has 0 fully saturated rings. The summed E-state index contributed by atoms with van der Waals surface area (Å²) in [5.74, 6) is 4.57. The standard InChI is InChI=1S/C3H7NO.Mg.H2O4S/c1-2-3-5-4;;1-5(2,3)4/h2H,1,3-4H2;;(H2,1,2,3,4)/q;+2;/p-2. The van der Waals surface area contributed by atoms with Gasteiger partial charge in [0.25, 0.3) is 0 Å². The van der Waals surface area contributed by atoms with Crippen molar-refractivity contribution >= 4 is 33.5 Å². The second-order valence-electron chi connectivity index (χ2n) is 1.03. The summed E-state index contributed by atoms with van der Waals surface area (Å²) in [5.41, 5.74) is 0. The first-order valence-corrected chi connectivity index (χ1v) is 3.34. The summed E-state index contributed by atoms with van der Waals surface area (Å²) in [7, 11) is -5.17. The molecule has 0 heterocycles. The van der Waals surface area contributed by atoms with E-state index in [0.29, 0.717) is 6.61 Å². The van der Waals surface area contributed by atoms with Crippen molar-refractivity contribution in [2.75, 3.05) is 6.61 Å². The minimum atomic E-state index is -5.17. The molecule has 0 rings (SSSR count). The van der Waals surface area contributed by atoms with Crippen LogP contribution in [0.4, 0.5) is 0 Å². The largest absolute Gasteiger partial charge is 2.00 e. The van der Waals surface area contributed by atoms with Crippen LogP contribution < -0.4 is 5.90 Å². The van der Waals surface area contributed by atoms with Crippen molar-refractivity contribution in [1.82, 2.24) is 0 Å². The summed E-state index contributed by atoms with van der Waals surface area (Å²) in [4.78, 5) is 4.07. The van der Waals surface area contributed by atoms with Crippen molar-refractivity contribution in [2.45, 2.75) is 0 Å². The number of hydrogen-bond donors (Lipinski definition) is 1. The van der Waals surface area contributed by atoms with Gasteiger partial charge in [0, 0.05) is 10.4 Å². The van der Waals surface area contributed by atoms with Crippen LogP contribution in [-0.2, 0) is 15.2 Å². The smallest absolute Gasteiger partial charge is 0.759 e. The second-order valence-corrected chi connectivity index (χ2v) is 1.85. The van der Waals surface area contributed by atoms with E-state index in [2.05, 4.69) is 17.3 Å². The first kappa shape index (κ1) is 17.4. The van der Waals surface area contributed by atoms with Gasteiger partial charge in [0.1, 0.15) is 0 Å². The maximum atomic E-state index is 8.52. The van der Waals surface area contributed by atoms with Crippen molar-refractivity contribution in [3.8, 4) is 0 Å². The van der Waals surface area contributed by atoms with Crippen LogP contribution in [0.15, 0.2) is 12.7 Å². The molecule has 0 amide bonds. The van der Waals surface area contributed by atoms with Gasteiger partial charge in [-0.3, -0.25) is 8.42 Å². The SMILES string of the molecule is C=CCON.O=S(=O)([O-])[O-].[Mg+2]. The average Bonchev–Trinajstić information content (AvgIpc) is 1.63. The van der Waals surface area contributed by atoms with Gasteiger partial charge >= 0.3 is 23.1 Å². The zero-order valence-corrected chi connectivity index (χ0v) is 7.96. The van der Waals surface area contributed by atoms with Gasteiger partial charge in [-0.2, -0.15) is 0 Å². The minimum Gasteiger partial charge on any atom is -0.759 e. The normalized spacial score (nSPS) is 8.64. The van der Waals surface area contributed by atoms with Gasteiger partial charge in [-0.25, -0.2) is 5.90 Å². The fourth-order valence-electron chi connectivity index (χ4n) is 0.0680. The predicted molar refractivity (Wildman–Crippen MR) is 36.6 cm³/mol. The van der Waals surface area contributed by atoms with Gasteiger partial charge in [0.2, 0.25) is 0 Å². The Hall–Kier alpha value is 0.296. The van der Waals surface area contributed by atoms with E-state index in [9.17, 15) is 0 Å². The molecule has 62 valence electrons. The van der Waals surface area contributed by atoms with Crippen LogP contribution in [0.3, 0.4) is 0 Å². The molecular formula is C3H7MgNO5S. The summed E-state index contributed by atoms with van der Waals surface area (Å²) < 4.78 is 34.1. The quantitative estimate of drug-likeness (QED) is 0.185. The molecule has 0 aromatic carbocycles. The Kier molecular flexibility index (Phi) is 16.3. The van der Waals surface area contributed by atoms with E-state index in [1.165, 1.54) is 0 Å². The van der Waals surface area contributed by atoms with Crippen LogP contribution in [0, 0.1) is 0 Å². The third kappa shape index (κ3) is 134. The molecule has 0 aliphatic heterocycles. The molecule has 0 aliphatic carbocycles. The van der Waals surface area contributed by atoms with Gasteiger partial charge in [-0.05, 0) is 0 Å².